The Morgan fingerprint density at radius 2 is 1.93 bits per heavy atom. The van der Waals surface area contributed by atoms with Gasteiger partial charge in [-0.05, 0) is 119 Å². The summed E-state index contributed by atoms with van der Waals surface area (Å²) in [6.45, 7) is 10.6. The van der Waals surface area contributed by atoms with E-state index < -0.39 is 5.60 Å². The number of aliphatic hydroxyl groups is 2. The molecule has 2 N–H and O–H groups in total. The Hall–Kier alpha value is -1.12. The molecular weight excluding hydrogens is 368 g/mol. The van der Waals surface area contributed by atoms with Crippen molar-refractivity contribution < 1.29 is 10.2 Å². The van der Waals surface area contributed by atoms with Gasteiger partial charge in [-0.2, -0.15) is 0 Å². The van der Waals surface area contributed by atoms with Gasteiger partial charge < -0.3 is 10.2 Å². The van der Waals surface area contributed by atoms with Crippen molar-refractivity contribution in [2.45, 2.75) is 110 Å². The average molecular weight is 411 g/mol. The molecule has 30 heavy (non-hydrogen) atoms. The molecule has 4 aliphatic rings. The molecule has 0 amide bonds. The molecule has 0 unspecified atom stereocenters. The van der Waals surface area contributed by atoms with Crippen molar-refractivity contribution in [2.24, 2.45) is 16.7 Å². The van der Waals surface area contributed by atoms with E-state index in [-0.39, 0.29) is 6.10 Å². The smallest absolute Gasteiger partial charge is 0.0787 e. The van der Waals surface area contributed by atoms with Crippen LogP contribution in [0, 0.1) is 16.7 Å². The molecule has 0 aromatic rings. The zero-order chi connectivity index (χ0) is 21.6. The Kier molecular flexibility index (Phi) is 5.96. The second kappa shape index (κ2) is 8.10. The van der Waals surface area contributed by atoms with Crippen molar-refractivity contribution in [1.29, 1.82) is 0 Å². The maximum Gasteiger partial charge on any atom is 0.0787 e. The van der Waals surface area contributed by atoms with Crippen LogP contribution in [-0.4, -0.2) is 21.9 Å². The molecule has 0 aromatic heterocycles. The first-order chi connectivity index (χ1) is 14.1. The lowest BCUT2D eigenvalue weighted by molar-refractivity contribution is 0.0664. The third-order valence-corrected chi connectivity index (χ3v) is 8.66. The van der Waals surface area contributed by atoms with Gasteiger partial charge in [-0.1, -0.05) is 42.9 Å². The summed E-state index contributed by atoms with van der Waals surface area (Å²) in [5.74, 6) is 0.645. The van der Waals surface area contributed by atoms with Gasteiger partial charge in [-0.15, -0.1) is 0 Å². The summed E-state index contributed by atoms with van der Waals surface area (Å²) >= 11 is 0. The number of hydrogen-bond donors (Lipinski definition) is 2. The van der Waals surface area contributed by atoms with Crippen molar-refractivity contribution in [2.75, 3.05) is 0 Å². The first-order valence-electron chi connectivity index (χ1n) is 12.4. The van der Waals surface area contributed by atoms with Gasteiger partial charge in [0.05, 0.1) is 11.7 Å². The third kappa shape index (κ3) is 4.28. The van der Waals surface area contributed by atoms with Crippen LogP contribution in [-0.2, 0) is 0 Å². The van der Waals surface area contributed by atoms with E-state index in [4.69, 9.17) is 0 Å². The van der Waals surface area contributed by atoms with Crippen LogP contribution < -0.4 is 0 Å². The molecule has 0 radical (unpaired) electrons. The lowest BCUT2D eigenvalue weighted by Gasteiger charge is -2.43. The summed E-state index contributed by atoms with van der Waals surface area (Å²) in [6.07, 6.45) is 20.9. The van der Waals surface area contributed by atoms with E-state index in [0.29, 0.717) is 16.7 Å². The Morgan fingerprint density at radius 3 is 2.63 bits per heavy atom. The van der Waals surface area contributed by atoms with E-state index in [1.54, 1.807) is 11.1 Å². The summed E-state index contributed by atoms with van der Waals surface area (Å²) in [6, 6.07) is 0. The summed E-state index contributed by atoms with van der Waals surface area (Å²) < 4.78 is 0. The molecule has 0 heterocycles. The van der Waals surface area contributed by atoms with Crippen LogP contribution >= 0.6 is 0 Å². The first kappa shape index (κ1) is 22.1. The Bertz CT molecular complexity index is 771. The minimum atomic E-state index is -0.544. The summed E-state index contributed by atoms with van der Waals surface area (Å²) in [7, 11) is 0. The zero-order valence-electron chi connectivity index (χ0n) is 19.5. The van der Waals surface area contributed by atoms with Crippen molar-refractivity contribution >= 4 is 0 Å². The molecule has 0 aromatic carbocycles. The SMILES string of the molecule is C=C1/C(=C\C=C2/CCC[C@]3(C)C(C4(CCCC(C)(C)O)CC4)=CC[C@@H]23)CCC[C@@H]1O. The van der Waals surface area contributed by atoms with Crippen molar-refractivity contribution in [3.05, 3.63) is 47.1 Å². The fourth-order valence-electron chi connectivity index (χ4n) is 6.74. The van der Waals surface area contributed by atoms with E-state index in [1.165, 1.54) is 50.5 Å². The van der Waals surface area contributed by atoms with Crippen LogP contribution in [0.2, 0.25) is 0 Å². The number of aliphatic hydroxyl groups excluding tert-OH is 1. The van der Waals surface area contributed by atoms with E-state index in [1.807, 2.05) is 13.8 Å². The Balaban J connectivity index is 1.49. The highest BCUT2D eigenvalue weighted by Crippen LogP contribution is 2.67. The molecule has 0 bridgehead atoms. The van der Waals surface area contributed by atoms with Gasteiger partial charge in [0.15, 0.2) is 0 Å². The van der Waals surface area contributed by atoms with Crippen LogP contribution in [0.1, 0.15) is 97.8 Å². The van der Waals surface area contributed by atoms with Crippen molar-refractivity contribution in [3.8, 4) is 0 Å². The predicted octanol–water partition coefficient (Wildman–Crippen LogP) is 6.80. The largest absolute Gasteiger partial charge is 0.390 e. The zero-order valence-corrected chi connectivity index (χ0v) is 19.5. The molecule has 4 aliphatic carbocycles. The summed E-state index contributed by atoms with van der Waals surface area (Å²) in [4.78, 5) is 0. The fourth-order valence-corrected chi connectivity index (χ4v) is 6.74. The molecule has 2 heteroatoms. The minimum absolute atomic E-state index is 0.316. The van der Waals surface area contributed by atoms with Gasteiger partial charge >= 0.3 is 0 Å². The minimum Gasteiger partial charge on any atom is -0.390 e. The van der Waals surface area contributed by atoms with E-state index >= 15 is 0 Å². The number of fused-ring (bicyclic) bond motifs is 1. The first-order valence-corrected chi connectivity index (χ1v) is 12.4. The molecule has 0 aliphatic heterocycles. The second-order valence-electron chi connectivity index (χ2n) is 11.5. The van der Waals surface area contributed by atoms with E-state index in [0.717, 1.165) is 37.7 Å². The second-order valence-corrected chi connectivity index (χ2v) is 11.5. The maximum absolute atomic E-state index is 10.1. The number of allylic oxidation sites excluding steroid dienone is 5. The lowest BCUT2D eigenvalue weighted by atomic mass is 9.61. The molecular formula is C28H42O2. The quantitative estimate of drug-likeness (QED) is 0.473. The highest BCUT2D eigenvalue weighted by atomic mass is 16.3. The number of hydrogen-bond acceptors (Lipinski definition) is 2. The van der Waals surface area contributed by atoms with Crippen molar-refractivity contribution in [1.82, 2.24) is 0 Å². The Labute approximate surface area is 183 Å². The van der Waals surface area contributed by atoms with Crippen LogP contribution in [0.3, 0.4) is 0 Å². The average Bonchev–Trinajstić information content (AvgIpc) is 3.35. The monoisotopic (exact) mass is 410 g/mol. The molecule has 3 fully saturated rings. The standard InChI is InChI=1S/C28H42O2/c1-20-21(8-5-10-24(20)29)11-12-22-9-6-16-27(4)23(22)13-14-25(27)28(18-19-28)17-7-15-26(2,3)30/h11-12,14,23-24,29-30H,1,5-10,13,15-19H2,2-4H3/b21-11-,22-12+/t23-,24-,27-/m0/s1. The van der Waals surface area contributed by atoms with Gasteiger partial charge in [-0.3, -0.25) is 0 Å². The van der Waals surface area contributed by atoms with Gasteiger partial charge in [0.2, 0.25) is 0 Å². The molecule has 4 rings (SSSR count). The van der Waals surface area contributed by atoms with Crippen LogP contribution in [0.4, 0.5) is 0 Å². The van der Waals surface area contributed by atoms with E-state index in [9.17, 15) is 10.2 Å². The summed E-state index contributed by atoms with van der Waals surface area (Å²) in [5.41, 5.74) is 5.76. The Morgan fingerprint density at radius 1 is 1.17 bits per heavy atom. The van der Waals surface area contributed by atoms with Gasteiger partial charge in [0, 0.05) is 0 Å². The number of rotatable bonds is 6. The van der Waals surface area contributed by atoms with Gasteiger partial charge in [0.25, 0.3) is 0 Å². The highest BCUT2D eigenvalue weighted by molar-refractivity contribution is 5.41. The molecule has 3 saturated carbocycles. The topological polar surface area (TPSA) is 40.5 Å². The third-order valence-electron chi connectivity index (χ3n) is 8.66. The highest BCUT2D eigenvalue weighted by Gasteiger charge is 2.56. The molecule has 0 saturated heterocycles. The molecule has 166 valence electrons. The van der Waals surface area contributed by atoms with Crippen LogP contribution in [0.15, 0.2) is 47.1 Å². The molecule has 0 spiro atoms. The summed E-state index contributed by atoms with van der Waals surface area (Å²) in [5, 5.41) is 20.3. The molecule has 2 nitrogen and oxygen atoms in total. The van der Waals surface area contributed by atoms with Gasteiger partial charge in [-0.25, -0.2) is 0 Å². The maximum atomic E-state index is 10.1. The normalized spacial score (nSPS) is 36.2. The molecule has 3 atom stereocenters. The van der Waals surface area contributed by atoms with Crippen molar-refractivity contribution in [3.63, 3.8) is 0 Å². The predicted molar refractivity (Wildman–Crippen MR) is 125 cm³/mol. The van der Waals surface area contributed by atoms with Crippen LogP contribution in [0.5, 0.6) is 0 Å². The van der Waals surface area contributed by atoms with Crippen LogP contribution in [0.25, 0.3) is 0 Å². The van der Waals surface area contributed by atoms with Gasteiger partial charge in [0.1, 0.15) is 0 Å². The fraction of sp³-hybridized carbons (Fsp3) is 0.714. The lowest BCUT2D eigenvalue weighted by Crippen LogP contribution is -2.33. The van der Waals surface area contributed by atoms with E-state index in [2.05, 4.69) is 31.7 Å².